The maximum atomic E-state index is 14.1. The Morgan fingerprint density at radius 1 is 1.38 bits per heavy atom. The molecule has 5 nitrogen and oxygen atoms in total. The van der Waals surface area contributed by atoms with E-state index < -0.39 is 11.2 Å². The summed E-state index contributed by atoms with van der Waals surface area (Å²) >= 11 is 0. The minimum absolute atomic E-state index is 0.0514. The molecular formula is C20H21FN4O. The third kappa shape index (κ3) is 2.98. The van der Waals surface area contributed by atoms with Gasteiger partial charge in [0.05, 0.1) is 16.8 Å². The molecule has 1 aromatic heterocycles. The summed E-state index contributed by atoms with van der Waals surface area (Å²) in [5, 5.41) is 7.27. The Balaban J connectivity index is 1.88. The van der Waals surface area contributed by atoms with E-state index in [0.717, 1.165) is 23.9 Å². The van der Waals surface area contributed by atoms with Crippen molar-refractivity contribution < 1.29 is 9.18 Å². The van der Waals surface area contributed by atoms with Gasteiger partial charge in [-0.1, -0.05) is 31.2 Å². The lowest BCUT2D eigenvalue weighted by Gasteiger charge is -2.40. The summed E-state index contributed by atoms with van der Waals surface area (Å²) in [6.45, 7) is 8.76. The average Bonchev–Trinajstić information content (AvgIpc) is 2.98. The second-order valence-corrected chi connectivity index (χ2v) is 6.37. The van der Waals surface area contributed by atoms with Gasteiger partial charge in [-0.05, 0) is 44.7 Å². The van der Waals surface area contributed by atoms with Gasteiger partial charge in [0.2, 0.25) is 5.91 Å². The average molecular weight is 352 g/mol. The number of amides is 1. The lowest BCUT2D eigenvalue weighted by Crippen LogP contribution is -2.43. The van der Waals surface area contributed by atoms with Crippen LogP contribution in [0, 0.1) is 12.3 Å². The summed E-state index contributed by atoms with van der Waals surface area (Å²) < 4.78 is 15.9. The van der Waals surface area contributed by atoms with Gasteiger partial charge in [-0.3, -0.25) is 9.79 Å². The molecular weight excluding hydrogens is 331 g/mol. The molecule has 1 aliphatic rings. The summed E-state index contributed by atoms with van der Waals surface area (Å²) in [6.07, 6.45) is 2.93. The monoisotopic (exact) mass is 352 g/mol. The van der Waals surface area contributed by atoms with Crippen LogP contribution in [-0.2, 0) is 4.79 Å². The molecule has 0 radical (unpaired) electrons. The van der Waals surface area contributed by atoms with Crippen LogP contribution >= 0.6 is 0 Å². The Hall–Kier alpha value is -3.02. The molecule has 1 saturated carbocycles. The van der Waals surface area contributed by atoms with Crippen LogP contribution in [0.5, 0.6) is 0 Å². The van der Waals surface area contributed by atoms with Crippen LogP contribution in [0.1, 0.15) is 25.0 Å². The molecule has 1 fully saturated rings. The van der Waals surface area contributed by atoms with Crippen LogP contribution in [0.15, 0.2) is 65.6 Å². The van der Waals surface area contributed by atoms with Crippen molar-refractivity contribution in [3.8, 4) is 5.69 Å². The smallest absolute Gasteiger partial charge is 0.237 e. The van der Waals surface area contributed by atoms with E-state index in [1.54, 1.807) is 10.7 Å². The Morgan fingerprint density at radius 3 is 2.62 bits per heavy atom. The molecule has 6 heteroatoms. The third-order valence-electron chi connectivity index (χ3n) is 4.79. The lowest BCUT2D eigenvalue weighted by atomic mass is 9.65. The van der Waals surface area contributed by atoms with Crippen LogP contribution in [0.3, 0.4) is 0 Å². The van der Waals surface area contributed by atoms with E-state index in [1.165, 1.54) is 0 Å². The number of hydrogen-bond acceptors (Lipinski definition) is 3. The predicted molar refractivity (Wildman–Crippen MR) is 101 cm³/mol. The largest absolute Gasteiger partial charge is 0.308 e. The van der Waals surface area contributed by atoms with E-state index in [-0.39, 0.29) is 11.6 Å². The van der Waals surface area contributed by atoms with Crippen molar-refractivity contribution in [1.82, 2.24) is 9.78 Å². The van der Waals surface area contributed by atoms with Crippen molar-refractivity contribution in [2.75, 3.05) is 5.32 Å². The fourth-order valence-corrected chi connectivity index (χ4v) is 3.26. The summed E-state index contributed by atoms with van der Waals surface area (Å²) in [6, 6.07) is 11.4. The van der Waals surface area contributed by atoms with Gasteiger partial charge in [-0.15, -0.1) is 5.10 Å². The number of nitrogens with one attached hydrogen (secondary N) is 1. The first-order valence-corrected chi connectivity index (χ1v) is 8.45. The Bertz CT molecular complexity index is 878. The second kappa shape index (κ2) is 7.07. The van der Waals surface area contributed by atoms with Gasteiger partial charge in [0.15, 0.2) is 5.82 Å². The number of carbonyl (C=O) groups is 1. The molecule has 26 heavy (non-hydrogen) atoms. The van der Waals surface area contributed by atoms with Gasteiger partial charge in [-0.25, -0.2) is 9.07 Å². The zero-order chi connectivity index (χ0) is 18.7. The molecule has 1 N–H and O–H groups in total. The number of rotatable bonds is 6. The van der Waals surface area contributed by atoms with Crippen LogP contribution in [0.2, 0.25) is 0 Å². The minimum Gasteiger partial charge on any atom is -0.308 e. The van der Waals surface area contributed by atoms with Gasteiger partial charge in [0, 0.05) is 11.8 Å². The summed E-state index contributed by atoms with van der Waals surface area (Å²) in [4.78, 5) is 16.7. The second-order valence-electron chi connectivity index (χ2n) is 6.37. The number of hydrogen-bond donors (Lipinski definition) is 1. The van der Waals surface area contributed by atoms with E-state index in [4.69, 9.17) is 0 Å². The van der Waals surface area contributed by atoms with E-state index in [1.807, 2.05) is 37.3 Å². The number of aliphatic imine (C=N–C) groups is 1. The normalized spacial score (nSPS) is 16.2. The maximum absolute atomic E-state index is 14.1. The zero-order valence-electron chi connectivity index (χ0n) is 14.7. The molecule has 0 unspecified atom stereocenters. The first kappa shape index (κ1) is 17.8. The SMILES string of the molecule is C=C/C(F)=C(\N=C)C1(C(=O)Nc2cc(C)n(-c3ccccc3)n2)CCC1. The topological polar surface area (TPSA) is 59.3 Å². The minimum atomic E-state index is -1.01. The molecule has 1 aromatic carbocycles. The Labute approximate surface area is 151 Å². The van der Waals surface area contributed by atoms with Crippen LogP contribution in [0.25, 0.3) is 5.69 Å². The number of allylic oxidation sites excluding steroid dienone is 2. The number of nitrogens with zero attached hydrogens (tertiary/aromatic N) is 3. The van der Waals surface area contributed by atoms with Crippen LogP contribution in [-0.4, -0.2) is 22.4 Å². The number of halogens is 1. The van der Waals surface area contributed by atoms with Crippen LogP contribution in [0.4, 0.5) is 10.2 Å². The molecule has 1 heterocycles. The molecule has 0 saturated heterocycles. The fraction of sp³-hybridized carbons (Fsp3) is 0.250. The van der Waals surface area contributed by atoms with E-state index in [9.17, 15) is 9.18 Å². The number of para-hydroxylation sites is 1. The summed E-state index contributed by atoms with van der Waals surface area (Å²) in [5.74, 6) is -0.508. The van der Waals surface area contributed by atoms with Crippen molar-refractivity contribution in [3.63, 3.8) is 0 Å². The highest BCUT2D eigenvalue weighted by molar-refractivity contribution is 5.97. The number of anilines is 1. The molecule has 0 spiro atoms. The van der Waals surface area contributed by atoms with E-state index >= 15 is 0 Å². The molecule has 0 atom stereocenters. The lowest BCUT2D eigenvalue weighted by molar-refractivity contribution is -0.127. The van der Waals surface area contributed by atoms with Crippen molar-refractivity contribution in [3.05, 3.63) is 66.3 Å². The predicted octanol–water partition coefficient (Wildman–Crippen LogP) is 4.36. The fourth-order valence-electron chi connectivity index (χ4n) is 3.26. The van der Waals surface area contributed by atoms with Crippen molar-refractivity contribution in [2.24, 2.45) is 10.4 Å². The van der Waals surface area contributed by atoms with E-state index in [2.05, 4.69) is 28.7 Å². The highest BCUT2D eigenvalue weighted by Gasteiger charge is 2.49. The van der Waals surface area contributed by atoms with Gasteiger partial charge in [0.1, 0.15) is 5.83 Å². The van der Waals surface area contributed by atoms with Gasteiger partial charge in [-0.2, -0.15) is 0 Å². The Morgan fingerprint density at radius 2 is 2.08 bits per heavy atom. The number of aromatic nitrogens is 2. The highest BCUT2D eigenvalue weighted by atomic mass is 19.1. The molecule has 1 aliphatic carbocycles. The molecule has 3 rings (SSSR count). The van der Waals surface area contributed by atoms with Gasteiger partial charge in [0.25, 0.3) is 0 Å². The van der Waals surface area contributed by atoms with Crippen molar-refractivity contribution in [2.45, 2.75) is 26.2 Å². The Kier molecular flexibility index (Phi) is 4.84. The first-order valence-electron chi connectivity index (χ1n) is 8.45. The maximum Gasteiger partial charge on any atom is 0.237 e. The van der Waals surface area contributed by atoms with Gasteiger partial charge < -0.3 is 5.32 Å². The number of benzene rings is 1. The quantitative estimate of drug-likeness (QED) is 0.620. The zero-order valence-corrected chi connectivity index (χ0v) is 14.7. The summed E-state index contributed by atoms with van der Waals surface area (Å²) in [7, 11) is 0. The standard InChI is InChI=1S/C20H21FN4O/c1-4-16(21)18(22-3)20(11-8-12-20)19(26)23-17-13-14(2)25(24-17)15-9-6-5-7-10-15/h4-7,9-10,13H,1,3,8,11-12H2,2H3,(H,23,24,26)/b18-16+. The van der Waals surface area contributed by atoms with Gasteiger partial charge >= 0.3 is 0 Å². The first-order chi connectivity index (χ1) is 12.5. The summed E-state index contributed by atoms with van der Waals surface area (Å²) in [5.41, 5.74) is 0.819. The van der Waals surface area contributed by atoms with E-state index in [0.29, 0.717) is 18.7 Å². The molecule has 0 aliphatic heterocycles. The van der Waals surface area contributed by atoms with Crippen molar-refractivity contribution >= 4 is 18.4 Å². The van der Waals surface area contributed by atoms with Crippen molar-refractivity contribution in [1.29, 1.82) is 0 Å². The molecule has 134 valence electrons. The number of aryl methyl sites for hydroxylation is 1. The third-order valence-corrected chi connectivity index (χ3v) is 4.79. The number of carbonyl (C=O) groups excluding carboxylic acids is 1. The molecule has 2 aromatic rings. The highest BCUT2D eigenvalue weighted by Crippen LogP contribution is 2.49. The molecule has 1 amide bonds. The molecule has 0 bridgehead atoms. The van der Waals surface area contributed by atoms with Crippen LogP contribution < -0.4 is 5.32 Å².